The van der Waals surface area contributed by atoms with Gasteiger partial charge in [0.05, 0.1) is 30.0 Å². The highest BCUT2D eigenvalue weighted by Crippen LogP contribution is 2.37. The van der Waals surface area contributed by atoms with E-state index in [4.69, 9.17) is 9.72 Å². The highest BCUT2D eigenvalue weighted by Gasteiger charge is 2.37. The van der Waals surface area contributed by atoms with E-state index in [2.05, 4.69) is 12.1 Å². The van der Waals surface area contributed by atoms with Crippen molar-refractivity contribution >= 4 is 16.8 Å². The minimum Gasteiger partial charge on any atom is -0.632 e. The monoisotopic (exact) mass is 493 g/mol. The van der Waals surface area contributed by atoms with Gasteiger partial charge in [0.2, 0.25) is 0 Å². The molecule has 2 fully saturated rings. The van der Waals surface area contributed by atoms with Crippen molar-refractivity contribution in [2.75, 3.05) is 26.3 Å². The number of carbonyl (C=O) groups excluding carboxylic acids is 1. The lowest BCUT2D eigenvalue weighted by Crippen LogP contribution is -2.50. The number of benzene rings is 3. The number of rotatable bonds is 7. The van der Waals surface area contributed by atoms with Gasteiger partial charge >= 0.3 is 0 Å². The van der Waals surface area contributed by atoms with E-state index in [1.807, 2.05) is 77.7 Å². The SMILES string of the molecule is O=C(c1c(C[N+]2([O-])CCOCC2)c(-c2ccccc2)nc2ccccc12)N(Cc1ccccc1)C1CC1. The van der Waals surface area contributed by atoms with Crippen LogP contribution in [0.2, 0.25) is 0 Å². The summed E-state index contributed by atoms with van der Waals surface area (Å²) in [6.07, 6.45) is 2.00. The quantitative estimate of drug-likeness (QED) is 0.250. The van der Waals surface area contributed by atoms with Crippen molar-refractivity contribution in [2.45, 2.75) is 32.0 Å². The second-order valence-corrected chi connectivity index (χ2v) is 10.1. The maximum absolute atomic E-state index is 14.6. The molecule has 0 radical (unpaired) electrons. The van der Waals surface area contributed by atoms with Crippen LogP contribution < -0.4 is 0 Å². The first-order chi connectivity index (χ1) is 18.1. The molecule has 4 aromatic rings. The number of nitrogens with zero attached hydrogens (tertiary/aromatic N) is 3. The van der Waals surface area contributed by atoms with Crippen molar-refractivity contribution in [2.24, 2.45) is 0 Å². The predicted octanol–water partition coefficient (Wildman–Crippen LogP) is 5.55. The number of hydrogen-bond donors (Lipinski definition) is 0. The number of aromatic nitrogens is 1. The van der Waals surface area contributed by atoms with Crippen LogP contribution in [0.5, 0.6) is 0 Å². The molecule has 1 aliphatic heterocycles. The van der Waals surface area contributed by atoms with Gasteiger partial charge in [0.25, 0.3) is 5.91 Å². The van der Waals surface area contributed by atoms with Crippen molar-refractivity contribution in [3.63, 3.8) is 0 Å². The Morgan fingerprint density at radius 1 is 0.919 bits per heavy atom. The largest absolute Gasteiger partial charge is 0.632 e. The average molecular weight is 494 g/mol. The van der Waals surface area contributed by atoms with Gasteiger partial charge < -0.3 is 19.5 Å². The Kier molecular flexibility index (Phi) is 6.47. The van der Waals surface area contributed by atoms with Gasteiger partial charge in [-0.2, -0.15) is 0 Å². The third-order valence-corrected chi connectivity index (χ3v) is 7.43. The van der Waals surface area contributed by atoms with Gasteiger partial charge in [0, 0.05) is 29.1 Å². The van der Waals surface area contributed by atoms with Gasteiger partial charge in [-0.05, 0) is 24.5 Å². The number of ether oxygens (including phenoxy) is 1. The number of pyridine rings is 1. The Balaban J connectivity index is 1.54. The molecule has 6 nitrogen and oxygen atoms in total. The van der Waals surface area contributed by atoms with Gasteiger partial charge in [0.15, 0.2) is 0 Å². The van der Waals surface area contributed by atoms with Crippen molar-refractivity contribution < 1.29 is 14.2 Å². The zero-order chi connectivity index (χ0) is 25.2. The molecule has 37 heavy (non-hydrogen) atoms. The summed E-state index contributed by atoms with van der Waals surface area (Å²) in [6, 6.07) is 28.1. The molecule has 1 aliphatic carbocycles. The van der Waals surface area contributed by atoms with Crippen LogP contribution in [-0.4, -0.2) is 52.8 Å². The van der Waals surface area contributed by atoms with Crippen LogP contribution in [0.1, 0.15) is 34.3 Å². The molecule has 2 aliphatic rings. The van der Waals surface area contributed by atoms with Crippen LogP contribution in [0.3, 0.4) is 0 Å². The van der Waals surface area contributed by atoms with Crippen molar-refractivity contribution in [3.8, 4) is 11.3 Å². The molecule has 0 bridgehead atoms. The summed E-state index contributed by atoms with van der Waals surface area (Å²) in [7, 11) is 0. The second-order valence-electron chi connectivity index (χ2n) is 10.1. The Morgan fingerprint density at radius 2 is 1.57 bits per heavy atom. The molecule has 0 N–H and O–H groups in total. The highest BCUT2D eigenvalue weighted by atomic mass is 16.6. The van der Waals surface area contributed by atoms with Gasteiger partial charge in [-0.25, -0.2) is 4.98 Å². The molecule has 6 heteroatoms. The molecule has 188 valence electrons. The lowest BCUT2D eigenvalue weighted by atomic mass is 9.94. The van der Waals surface area contributed by atoms with E-state index in [0.717, 1.165) is 46.1 Å². The number of amides is 1. The van der Waals surface area contributed by atoms with Gasteiger partial charge in [0.1, 0.15) is 19.6 Å². The first kappa shape index (κ1) is 23.8. The molecule has 6 rings (SSSR count). The predicted molar refractivity (Wildman–Crippen MR) is 144 cm³/mol. The molecule has 0 unspecified atom stereocenters. The minimum atomic E-state index is -0.414. The van der Waals surface area contributed by atoms with E-state index in [-0.39, 0.29) is 18.5 Å². The zero-order valence-corrected chi connectivity index (χ0v) is 20.9. The number of quaternary nitrogens is 1. The van der Waals surface area contributed by atoms with Crippen molar-refractivity contribution in [1.82, 2.24) is 9.88 Å². The normalized spacial score (nSPS) is 17.0. The first-order valence-electron chi connectivity index (χ1n) is 13.1. The molecule has 0 spiro atoms. The van der Waals surface area contributed by atoms with E-state index in [9.17, 15) is 10.0 Å². The Hall–Kier alpha value is -3.58. The van der Waals surface area contributed by atoms with Crippen LogP contribution in [0.15, 0.2) is 84.9 Å². The molecule has 1 aromatic heterocycles. The molecule has 1 amide bonds. The second kappa shape index (κ2) is 10.1. The summed E-state index contributed by atoms with van der Waals surface area (Å²) >= 11 is 0. The molecule has 3 aromatic carbocycles. The molecule has 1 saturated heterocycles. The van der Waals surface area contributed by atoms with Crippen LogP contribution in [0.25, 0.3) is 22.2 Å². The number of carbonyl (C=O) groups is 1. The van der Waals surface area contributed by atoms with E-state index in [1.54, 1.807) is 0 Å². The third-order valence-electron chi connectivity index (χ3n) is 7.43. The van der Waals surface area contributed by atoms with Crippen LogP contribution >= 0.6 is 0 Å². The Bertz CT molecular complexity index is 1400. The lowest BCUT2D eigenvalue weighted by molar-refractivity contribution is -0.901. The number of hydroxylamine groups is 3. The standard InChI is InChI=1S/C31H31N3O3/c35-31(33(25-15-16-25)21-23-9-3-1-4-10-23)29-26-13-7-8-14-28(26)32-30(24-11-5-2-6-12-24)27(29)22-34(36)17-19-37-20-18-34/h1-14,25H,15-22H2. The van der Waals surface area contributed by atoms with E-state index < -0.39 is 4.65 Å². The Labute approximate surface area is 217 Å². The summed E-state index contributed by atoms with van der Waals surface area (Å²) in [5.41, 5.74) is 4.86. The van der Waals surface area contributed by atoms with E-state index >= 15 is 0 Å². The van der Waals surface area contributed by atoms with E-state index in [1.165, 1.54) is 0 Å². The summed E-state index contributed by atoms with van der Waals surface area (Å²) in [6.45, 7) is 2.33. The summed E-state index contributed by atoms with van der Waals surface area (Å²) in [5, 5.41) is 14.7. The fourth-order valence-corrected chi connectivity index (χ4v) is 5.28. The highest BCUT2D eigenvalue weighted by molar-refractivity contribution is 6.09. The van der Waals surface area contributed by atoms with Gasteiger partial charge in [-0.3, -0.25) is 4.79 Å². The van der Waals surface area contributed by atoms with Gasteiger partial charge in [-0.15, -0.1) is 0 Å². The first-order valence-corrected chi connectivity index (χ1v) is 13.1. The number of fused-ring (bicyclic) bond motifs is 1. The maximum Gasteiger partial charge on any atom is 0.255 e. The zero-order valence-electron chi connectivity index (χ0n) is 20.9. The number of para-hydroxylation sites is 1. The van der Waals surface area contributed by atoms with Gasteiger partial charge in [-0.1, -0.05) is 78.9 Å². The number of morpholine rings is 1. The molecule has 2 heterocycles. The Morgan fingerprint density at radius 3 is 2.27 bits per heavy atom. The van der Waals surface area contributed by atoms with Crippen molar-refractivity contribution in [1.29, 1.82) is 0 Å². The molecular formula is C31H31N3O3. The number of hydrogen-bond acceptors (Lipinski definition) is 4. The van der Waals surface area contributed by atoms with Crippen LogP contribution in [0, 0.1) is 5.21 Å². The minimum absolute atomic E-state index is 0.0167. The van der Waals surface area contributed by atoms with Crippen LogP contribution in [-0.2, 0) is 17.8 Å². The summed E-state index contributed by atoms with van der Waals surface area (Å²) in [5.74, 6) is -0.0167. The van der Waals surface area contributed by atoms with E-state index in [0.29, 0.717) is 38.4 Å². The average Bonchev–Trinajstić information content (AvgIpc) is 3.78. The molecule has 1 saturated carbocycles. The fourth-order valence-electron chi connectivity index (χ4n) is 5.28. The van der Waals surface area contributed by atoms with Crippen LogP contribution in [0.4, 0.5) is 0 Å². The third kappa shape index (κ3) is 5.01. The molecular weight excluding hydrogens is 462 g/mol. The molecule has 0 atom stereocenters. The summed E-state index contributed by atoms with van der Waals surface area (Å²) in [4.78, 5) is 21.6. The smallest absolute Gasteiger partial charge is 0.255 e. The fraction of sp³-hybridized carbons (Fsp3) is 0.290. The maximum atomic E-state index is 14.6. The summed E-state index contributed by atoms with van der Waals surface area (Å²) < 4.78 is 5.09. The topological polar surface area (TPSA) is 65.5 Å². The van der Waals surface area contributed by atoms with Crippen molar-refractivity contribution in [3.05, 3.63) is 107 Å². The lowest BCUT2D eigenvalue weighted by Gasteiger charge is -2.45.